The Morgan fingerprint density at radius 3 is 2.30 bits per heavy atom. The molecule has 10 nitrogen and oxygen atoms in total. The van der Waals surface area contributed by atoms with Crippen molar-refractivity contribution >= 4 is 33.9 Å². The van der Waals surface area contributed by atoms with Crippen LogP contribution in [-0.4, -0.2) is 40.5 Å². The van der Waals surface area contributed by atoms with Crippen LogP contribution in [0.3, 0.4) is 0 Å². The highest BCUT2D eigenvalue weighted by Crippen LogP contribution is 2.45. The third kappa shape index (κ3) is 3.55. The lowest BCUT2D eigenvalue weighted by Crippen LogP contribution is -2.32. The Labute approximate surface area is 192 Å². The first-order chi connectivity index (χ1) is 15.8. The van der Waals surface area contributed by atoms with Crippen molar-refractivity contribution in [2.45, 2.75) is 19.8 Å². The number of aromatic nitrogens is 2. The SMILES string of the molecule is COC(=O)C1=C(C)NC(C)=C(C(=O)OC)C1c1c(-c2ccccc2[N+](=O)[O-])nc2sccn12. The molecule has 0 unspecified atom stereocenters. The number of nitrogens with one attached hydrogen (secondary N) is 1. The van der Waals surface area contributed by atoms with Crippen molar-refractivity contribution in [1.29, 1.82) is 0 Å². The van der Waals surface area contributed by atoms with Crippen LogP contribution in [0.1, 0.15) is 25.5 Å². The predicted molar refractivity (Wildman–Crippen MR) is 120 cm³/mol. The van der Waals surface area contributed by atoms with Crippen molar-refractivity contribution in [3.63, 3.8) is 0 Å². The Hall–Kier alpha value is -3.99. The number of nitro benzene ring substituents is 1. The van der Waals surface area contributed by atoms with Crippen LogP contribution in [0.25, 0.3) is 16.2 Å². The van der Waals surface area contributed by atoms with Gasteiger partial charge in [-0.1, -0.05) is 12.1 Å². The maximum absolute atomic E-state index is 12.9. The molecule has 0 saturated carbocycles. The molecule has 1 aliphatic heterocycles. The third-order valence-corrected chi connectivity index (χ3v) is 6.26. The topological polar surface area (TPSA) is 125 Å². The van der Waals surface area contributed by atoms with E-state index in [-0.39, 0.29) is 22.4 Å². The maximum atomic E-state index is 12.9. The van der Waals surface area contributed by atoms with E-state index in [2.05, 4.69) is 10.3 Å². The molecule has 0 aliphatic carbocycles. The molecule has 2 aromatic heterocycles. The molecule has 3 aromatic rings. The van der Waals surface area contributed by atoms with Crippen molar-refractivity contribution < 1.29 is 24.0 Å². The zero-order valence-electron chi connectivity index (χ0n) is 18.2. The first-order valence-electron chi connectivity index (χ1n) is 9.84. The highest BCUT2D eigenvalue weighted by molar-refractivity contribution is 7.15. The normalized spacial score (nSPS) is 14.4. The number of esters is 2. The molecule has 0 fully saturated rings. The van der Waals surface area contributed by atoms with Gasteiger partial charge in [-0.15, -0.1) is 11.3 Å². The molecule has 1 aromatic carbocycles. The third-order valence-electron chi connectivity index (χ3n) is 5.50. The molecule has 0 atom stereocenters. The Kier molecular flexibility index (Phi) is 5.73. The molecule has 1 N–H and O–H groups in total. The smallest absolute Gasteiger partial charge is 0.336 e. The largest absolute Gasteiger partial charge is 0.466 e. The van der Waals surface area contributed by atoms with Gasteiger partial charge >= 0.3 is 11.9 Å². The quantitative estimate of drug-likeness (QED) is 0.342. The molecular weight excluding hydrogens is 448 g/mol. The molecule has 0 saturated heterocycles. The number of imidazole rings is 1. The van der Waals surface area contributed by atoms with Gasteiger partial charge in [0.1, 0.15) is 5.69 Å². The summed E-state index contributed by atoms with van der Waals surface area (Å²) in [7, 11) is 2.50. The first-order valence-corrected chi connectivity index (χ1v) is 10.7. The molecule has 0 bridgehead atoms. The van der Waals surface area contributed by atoms with Crippen molar-refractivity contribution in [3.8, 4) is 11.3 Å². The zero-order valence-corrected chi connectivity index (χ0v) is 19.1. The van der Waals surface area contributed by atoms with Gasteiger partial charge in [0, 0.05) is 29.0 Å². The molecule has 0 amide bonds. The second kappa shape index (κ2) is 8.51. The van der Waals surface area contributed by atoms with Gasteiger partial charge in [0.05, 0.1) is 47.5 Å². The van der Waals surface area contributed by atoms with Crippen LogP contribution in [0, 0.1) is 10.1 Å². The number of nitrogens with zero attached hydrogens (tertiary/aromatic N) is 3. The van der Waals surface area contributed by atoms with E-state index < -0.39 is 22.8 Å². The summed E-state index contributed by atoms with van der Waals surface area (Å²) in [5.74, 6) is -2.22. The number of thiazole rings is 1. The Morgan fingerprint density at radius 1 is 1.12 bits per heavy atom. The zero-order chi connectivity index (χ0) is 23.9. The summed E-state index contributed by atoms with van der Waals surface area (Å²) < 4.78 is 11.8. The Morgan fingerprint density at radius 2 is 1.73 bits per heavy atom. The van der Waals surface area contributed by atoms with E-state index >= 15 is 0 Å². The minimum absolute atomic E-state index is 0.140. The molecule has 4 rings (SSSR count). The minimum Gasteiger partial charge on any atom is -0.466 e. The van der Waals surface area contributed by atoms with E-state index in [1.54, 1.807) is 48.0 Å². The average molecular weight is 468 g/mol. The molecule has 170 valence electrons. The molecule has 0 spiro atoms. The highest BCUT2D eigenvalue weighted by Gasteiger charge is 2.41. The van der Waals surface area contributed by atoms with Crippen molar-refractivity contribution in [1.82, 2.24) is 14.7 Å². The van der Waals surface area contributed by atoms with Gasteiger partial charge in [0.15, 0.2) is 4.96 Å². The highest BCUT2D eigenvalue weighted by atomic mass is 32.1. The number of dihydropyridines is 1. The number of para-hydroxylation sites is 1. The number of allylic oxidation sites excluding steroid dienone is 2. The van der Waals surface area contributed by atoms with Crippen molar-refractivity contribution in [2.75, 3.05) is 14.2 Å². The van der Waals surface area contributed by atoms with E-state index in [1.165, 1.54) is 31.6 Å². The number of hydrogen-bond acceptors (Lipinski definition) is 9. The molecule has 3 heterocycles. The average Bonchev–Trinajstić information content (AvgIpc) is 3.39. The summed E-state index contributed by atoms with van der Waals surface area (Å²) in [6.07, 6.45) is 1.75. The number of benzene rings is 1. The van der Waals surface area contributed by atoms with Gasteiger partial charge in [-0.3, -0.25) is 14.5 Å². The van der Waals surface area contributed by atoms with Crippen LogP contribution >= 0.6 is 11.3 Å². The number of carbonyl (C=O) groups is 2. The number of fused-ring (bicyclic) bond motifs is 1. The molecule has 11 heteroatoms. The molecule has 1 aliphatic rings. The first kappa shape index (κ1) is 22.2. The summed E-state index contributed by atoms with van der Waals surface area (Å²) >= 11 is 1.33. The van der Waals surface area contributed by atoms with Gasteiger partial charge in [0.2, 0.25) is 0 Å². The fourth-order valence-electron chi connectivity index (χ4n) is 4.14. The summed E-state index contributed by atoms with van der Waals surface area (Å²) in [6.45, 7) is 3.40. The summed E-state index contributed by atoms with van der Waals surface area (Å²) in [5.41, 5.74) is 2.24. The summed E-state index contributed by atoms with van der Waals surface area (Å²) in [6, 6.07) is 6.22. The molecular formula is C22H20N4O6S. The second-order valence-electron chi connectivity index (χ2n) is 7.29. The maximum Gasteiger partial charge on any atom is 0.336 e. The lowest BCUT2D eigenvalue weighted by molar-refractivity contribution is -0.384. The van der Waals surface area contributed by atoms with Gasteiger partial charge in [-0.2, -0.15) is 0 Å². The van der Waals surface area contributed by atoms with E-state index in [1.807, 2.05) is 0 Å². The van der Waals surface area contributed by atoms with E-state index in [0.717, 1.165) is 0 Å². The summed E-state index contributed by atoms with van der Waals surface area (Å²) in [4.78, 5) is 42.3. The van der Waals surface area contributed by atoms with Gasteiger partial charge in [-0.05, 0) is 19.9 Å². The van der Waals surface area contributed by atoms with Crippen LogP contribution in [-0.2, 0) is 19.1 Å². The van der Waals surface area contributed by atoms with Crippen molar-refractivity contribution in [3.05, 3.63) is 74.2 Å². The number of hydrogen-bond donors (Lipinski definition) is 1. The lowest BCUT2D eigenvalue weighted by Gasteiger charge is -2.30. The van der Waals surface area contributed by atoms with Crippen molar-refractivity contribution in [2.24, 2.45) is 0 Å². The number of carbonyl (C=O) groups excluding carboxylic acids is 2. The monoisotopic (exact) mass is 468 g/mol. The lowest BCUT2D eigenvalue weighted by atomic mass is 9.81. The Balaban J connectivity index is 2.11. The van der Waals surface area contributed by atoms with Crippen LogP contribution < -0.4 is 5.32 Å². The van der Waals surface area contributed by atoms with E-state index in [4.69, 9.17) is 9.47 Å². The molecule has 0 radical (unpaired) electrons. The molecule has 33 heavy (non-hydrogen) atoms. The van der Waals surface area contributed by atoms with E-state index in [0.29, 0.717) is 27.7 Å². The standard InChI is InChI=1S/C22H20N4O6S/c1-11-15(20(27)31-3)17(16(12(2)23-11)21(28)32-4)19-18(24-22-25(19)9-10-33-22)13-7-5-6-8-14(13)26(29)30/h5-10,17,23H,1-4H3. The van der Waals surface area contributed by atoms with Gasteiger partial charge in [0.25, 0.3) is 5.69 Å². The summed E-state index contributed by atoms with van der Waals surface area (Å²) in [5, 5.41) is 16.6. The van der Waals surface area contributed by atoms with Gasteiger partial charge < -0.3 is 14.8 Å². The number of rotatable bonds is 5. The Bertz CT molecular complexity index is 1330. The van der Waals surface area contributed by atoms with Gasteiger partial charge in [-0.25, -0.2) is 14.6 Å². The van der Waals surface area contributed by atoms with Crippen LogP contribution in [0.4, 0.5) is 5.69 Å². The number of ether oxygens (including phenoxy) is 2. The number of methoxy groups -OCH3 is 2. The minimum atomic E-state index is -0.939. The van der Waals surface area contributed by atoms with E-state index in [9.17, 15) is 19.7 Å². The van der Waals surface area contributed by atoms with Crippen LogP contribution in [0.5, 0.6) is 0 Å². The van der Waals surface area contributed by atoms with Crippen LogP contribution in [0.15, 0.2) is 58.4 Å². The van der Waals surface area contributed by atoms with Crippen LogP contribution in [0.2, 0.25) is 0 Å². The fraction of sp³-hybridized carbons (Fsp3) is 0.227. The number of nitro groups is 1. The second-order valence-corrected chi connectivity index (χ2v) is 8.17. The fourth-order valence-corrected chi connectivity index (χ4v) is 4.86. The predicted octanol–water partition coefficient (Wildman–Crippen LogP) is 3.55.